The molecule has 3 nitrogen and oxygen atoms in total. The van der Waals surface area contributed by atoms with Crippen molar-refractivity contribution < 1.29 is 9.84 Å². The first-order chi connectivity index (χ1) is 6.86. The summed E-state index contributed by atoms with van der Waals surface area (Å²) >= 11 is 1.85. The molecule has 0 amide bonds. The summed E-state index contributed by atoms with van der Waals surface area (Å²) < 4.78 is 5.49. The van der Waals surface area contributed by atoms with Gasteiger partial charge < -0.3 is 15.2 Å². The van der Waals surface area contributed by atoms with Gasteiger partial charge in [-0.3, -0.25) is 0 Å². The Morgan fingerprint density at radius 1 is 1.50 bits per heavy atom. The first-order valence-electron chi connectivity index (χ1n) is 4.62. The average molecular weight is 211 g/mol. The van der Waals surface area contributed by atoms with Crippen molar-refractivity contribution in [2.24, 2.45) is 0 Å². The molecule has 1 fully saturated rings. The van der Waals surface area contributed by atoms with Crippen molar-refractivity contribution in [2.45, 2.75) is 5.37 Å². The van der Waals surface area contributed by atoms with Gasteiger partial charge in [-0.25, -0.2) is 0 Å². The molecule has 0 aliphatic carbocycles. The highest BCUT2D eigenvalue weighted by Gasteiger charge is 2.15. The number of aromatic hydroxyl groups is 1. The number of hydrogen-bond donors (Lipinski definition) is 2. The minimum Gasteiger partial charge on any atom is -0.504 e. The van der Waals surface area contributed by atoms with E-state index in [9.17, 15) is 5.11 Å². The Bertz CT molecular complexity index is 300. The van der Waals surface area contributed by atoms with Crippen molar-refractivity contribution >= 4 is 11.8 Å². The van der Waals surface area contributed by atoms with E-state index in [-0.39, 0.29) is 5.75 Å². The van der Waals surface area contributed by atoms with E-state index in [1.54, 1.807) is 18.2 Å². The van der Waals surface area contributed by atoms with Crippen molar-refractivity contribution in [3.63, 3.8) is 0 Å². The third kappa shape index (κ3) is 2.33. The zero-order chi connectivity index (χ0) is 9.80. The van der Waals surface area contributed by atoms with Gasteiger partial charge in [-0.2, -0.15) is 0 Å². The van der Waals surface area contributed by atoms with Crippen LogP contribution in [0.1, 0.15) is 0 Å². The molecule has 0 aromatic heterocycles. The third-order valence-electron chi connectivity index (χ3n) is 2.05. The van der Waals surface area contributed by atoms with Crippen molar-refractivity contribution in [1.82, 2.24) is 5.32 Å². The number of rotatable bonds is 3. The van der Waals surface area contributed by atoms with Crippen LogP contribution >= 0.6 is 11.8 Å². The fourth-order valence-corrected chi connectivity index (χ4v) is 2.25. The number of benzene rings is 1. The van der Waals surface area contributed by atoms with Gasteiger partial charge in [0.2, 0.25) is 0 Å². The molecule has 1 heterocycles. The van der Waals surface area contributed by atoms with E-state index in [0.29, 0.717) is 17.7 Å². The van der Waals surface area contributed by atoms with Crippen LogP contribution in [-0.2, 0) is 0 Å². The van der Waals surface area contributed by atoms with Crippen LogP contribution in [-0.4, -0.2) is 29.4 Å². The maximum atomic E-state index is 9.43. The number of phenols is 1. The van der Waals surface area contributed by atoms with Crippen molar-refractivity contribution in [1.29, 1.82) is 0 Å². The Morgan fingerprint density at radius 2 is 2.36 bits per heavy atom. The van der Waals surface area contributed by atoms with E-state index < -0.39 is 0 Å². The van der Waals surface area contributed by atoms with Crippen LogP contribution in [0.5, 0.6) is 11.5 Å². The predicted molar refractivity (Wildman–Crippen MR) is 57.9 cm³/mol. The molecule has 2 rings (SSSR count). The molecule has 2 N–H and O–H groups in total. The monoisotopic (exact) mass is 211 g/mol. The van der Waals surface area contributed by atoms with Crippen LogP contribution in [0.15, 0.2) is 24.3 Å². The molecule has 76 valence electrons. The van der Waals surface area contributed by atoms with Crippen LogP contribution in [0.25, 0.3) is 0 Å². The maximum absolute atomic E-state index is 9.43. The van der Waals surface area contributed by atoms with Crippen LogP contribution in [0.4, 0.5) is 0 Å². The van der Waals surface area contributed by atoms with Gasteiger partial charge in [-0.15, -0.1) is 11.8 Å². The smallest absolute Gasteiger partial charge is 0.161 e. The van der Waals surface area contributed by atoms with Gasteiger partial charge in [0.1, 0.15) is 6.61 Å². The molecular formula is C10H13NO2S. The lowest BCUT2D eigenvalue weighted by molar-refractivity contribution is 0.291. The van der Waals surface area contributed by atoms with Crippen LogP contribution in [0.3, 0.4) is 0 Å². The molecule has 0 bridgehead atoms. The Hall–Kier alpha value is -0.870. The SMILES string of the molecule is Oc1ccccc1OCC1NCCS1. The largest absolute Gasteiger partial charge is 0.504 e. The van der Waals surface area contributed by atoms with Gasteiger partial charge in [0.05, 0.1) is 5.37 Å². The highest BCUT2D eigenvalue weighted by Crippen LogP contribution is 2.25. The third-order valence-corrected chi connectivity index (χ3v) is 3.19. The number of thioether (sulfide) groups is 1. The second-order valence-electron chi connectivity index (χ2n) is 3.09. The second-order valence-corrected chi connectivity index (χ2v) is 4.40. The number of para-hydroxylation sites is 2. The van der Waals surface area contributed by atoms with Gasteiger partial charge in [0.25, 0.3) is 0 Å². The van der Waals surface area contributed by atoms with Gasteiger partial charge in [-0.05, 0) is 12.1 Å². The normalized spacial score (nSPS) is 21.0. The second kappa shape index (κ2) is 4.57. The lowest BCUT2D eigenvalue weighted by Gasteiger charge is -2.12. The standard InChI is InChI=1S/C10H13NO2S/c12-8-3-1-2-4-9(8)13-7-10-11-5-6-14-10/h1-4,10-12H,5-7H2. The van der Waals surface area contributed by atoms with Crippen molar-refractivity contribution in [3.05, 3.63) is 24.3 Å². The average Bonchev–Trinajstić information content (AvgIpc) is 2.69. The van der Waals surface area contributed by atoms with E-state index in [4.69, 9.17) is 4.74 Å². The minimum absolute atomic E-state index is 0.204. The Kier molecular flexibility index (Phi) is 3.16. The van der Waals surface area contributed by atoms with E-state index in [1.807, 2.05) is 17.8 Å². The van der Waals surface area contributed by atoms with Crippen LogP contribution in [0, 0.1) is 0 Å². The maximum Gasteiger partial charge on any atom is 0.161 e. The predicted octanol–water partition coefficient (Wildman–Crippen LogP) is 1.43. The van der Waals surface area contributed by atoms with E-state index in [0.717, 1.165) is 12.3 Å². The van der Waals surface area contributed by atoms with Gasteiger partial charge in [-0.1, -0.05) is 12.1 Å². The molecule has 1 aromatic rings. The summed E-state index contributed by atoms with van der Waals surface area (Å²) in [5.74, 6) is 1.90. The topological polar surface area (TPSA) is 41.5 Å². The van der Waals surface area contributed by atoms with E-state index in [2.05, 4.69) is 5.32 Å². The highest BCUT2D eigenvalue weighted by atomic mass is 32.2. The molecule has 0 saturated carbocycles. The molecule has 1 aliphatic rings. The number of nitrogens with one attached hydrogen (secondary N) is 1. The molecule has 0 radical (unpaired) electrons. The lowest BCUT2D eigenvalue weighted by Crippen LogP contribution is -2.26. The molecule has 1 aromatic carbocycles. The summed E-state index contributed by atoms with van der Waals surface area (Å²) in [6, 6.07) is 7.04. The molecule has 0 spiro atoms. The quantitative estimate of drug-likeness (QED) is 0.793. The zero-order valence-electron chi connectivity index (χ0n) is 7.77. The molecule has 1 atom stereocenters. The summed E-state index contributed by atoms with van der Waals surface area (Å²) in [4.78, 5) is 0. The zero-order valence-corrected chi connectivity index (χ0v) is 8.59. The van der Waals surface area contributed by atoms with E-state index >= 15 is 0 Å². The first-order valence-corrected chi connectivity index (χ1v) is 5.67. The van der Waals surface area contributed by atoms with E-state index in [1.165, 1.54) is 0 Å². The van der Waals surface area contributed by atoms with Crippen molar-refractivity contribution in [3.8, 4) is 11.5 Å². The van der Waals surface area contributed by atoms with Crippen molar-refractivity contribution in [2.75, 3.05) is 18.9 Å². The minimum atomic E-state index is 0.204. The number of hydrogen-bond acceptors (Lipinski definition) is 4. The fourth-order valence-electron chi connectivity index (χ4n) is 1.33. The number of ether oxygens (including phenoxy) is 1. The first kappa shape index (κ1) is 9.68. The molecule has 14 heavy (non-hydrogen) atoms. The Balaban J connectivity index is 1.88. The summed E-state index contributed by atoms with van der Waals surface area (Å²) in [5, 5.41) is 13.1. The highest BCUT2D eigenvalue weighted by molar-refractivity contribution is 8.00. The molecule has 1 unspecified atom stereocenters. The summed E-state index contributed by atoms with van der Waals surface area (Å²) in [5.41, 5.74) is 0. The molecule has 4 heteroatoms. The molecular weight excluding hydrogens is 198 g/mol. The molecule has 1 aliphatic heterocycles. The van der Waals surface area contributed by atoms with Gasteiger partial charge in [0.15, 0.2) is 11.5 Å². The van der Waals surface area contributed by atoms with Gasteiger partial charge in [0, 0.05) is 12.3 Å². The number of phenolic OH excluding ortho intramolecular Hbond substituents is 1. The summed E-state index contributed by atoms with van der Waals surface area (Å²) in [6.07, 6.45) is 0. The summed E-state index contributed by atoms with van der Waals surface area (Å²) in [6.45, 7) is 1.64. The summed E-state index contributed by atoms with van der Waals surface area (Å²) in [7, 11) is 0. The fraction of sp³-hybridized carbons (Fsp3) is 0.400. The Morgan fingerprint density at radius 3 is 3.07 bits per heavy atom. The van der Waals surface area contributed by atoms with Gasteiger partial charge >= 0.3 is 0 Å². The Labute approximate surface area is 87.5 Å². The lowest BCUT2D eigenvalue weighted by atomic mass is 10.3. The van der Waals surface area contributed by atoms with Crippen LogP contribution in [0.2, 0.25) is 0 Å². The van der Waals surface area contributed by atoms with Crippen LogP contribution < -0.4 is 10.1 Å². The molecule has 1 saturated heterocycles.